The van der Waals surface area contributed by atoms with Crippen molar-refractivity contribution in [1.29, 1.82) is 0 Å². The highest BCUT2D eigenvalue weighted by Gasteiger charge is 2.21. The topological polar surface area (TPSA) is 44.3 Å². The molecule has 0 atom stereocenters. The molecule has 0 spiro atoms. The van der Waals surface area contributed by atoms with Crippen LogP contribution in [0.5, 0.6) is 11.5 Å². The Kier molecular flexibility index (Phi) is 3.90. The van der Waals surface area contributed by atoms with Crippen LogP contribution in [0.4, 0.5) is 0 Å². The molecule has 0 radical (unpaired) electrons. The van der Waals surface area contributed by atoms with Gasteiger partial charge in [0.15, 0.2) is 23.7 Å². The van der Waals surface area contributed by atoms with E-state index in [0.29, 0.717) is 11.3 Å². The van der Waals surface area contributed by atoms with Gasteiger partial charge in [0, 0.05) is 11.3 Å². The maximum atomic E-state index is 10.1. The average molecular weight is 278 g/mol. The van der Waals surface area contributed by atoms with E-state index in [4.69, 9.17) is 0 Å². The van der Waals surface area contributed by atoms with E-state index in [0.717, 1.165) is 15.8 Å². The molecule has 102 valence electrons. The third-order valence-corrected chi connectivity index (χ3v) is 4.07. The number of benzene rings is 1. The van der Waals surface area contributed by atoms with E-state index in [1.165, 1.54) is 0 Å². The minimum absolute atomic E-state index is 0.0206. The molecular formula is C15H20NO2S+. The van der Waals surface area contributed by atoms with Crippen LogP contribution in [0, 0.1) is 0 Å². The van der Waals surface area contributed by atoms with Gasteiger partial charge < -0.3 is 10.2 Å². The maximum Gasteiger partial charge on any atom is 0.217 e. The number of hydrogen-bond acceptors (Lipinski definition) is 3. The summed E-state index contributed by atoms with van der Waals surface area (Å²) in [7, 11) is 0. The largest absolute Gasteiger partial charge is 0.504 e. The van der Waals surface area contributed by atoms with E-state index < -0.39 is 0 Å². The predicted octanol–water partition coefficient (Wildman–Crippen LogP) is 3.62. The highest BCUT2D eigenvalue weighted by atomic mass is 32.2. The highest BCUT2D eigenvalue weighted by Crippen LogP contribution is 2.42. The number of thioether (sulfide) groups is 1. The van der Waals surface area contributed by atoms with Crippen molar-refractivity contribution < 1.29 is 14.8 Å². The molecule has 3 nitrogen and oxygen atoms in total. The molecule has 0 unspecified atom stereocenters. The number of hydrogen-bond donors (Lipinski definition) is 2. The Hall–Kier alpha value is -1.42. The lowest BCUT2D eigenvalue weighted by atomic mass is 10.1. The van der Waals surface area contributed by atoms with Crippen molar-refractivity contribution >= 4 is 22.7 Å². The lowest BCUT2D eigenvalue weighted by Crippen LogP contribution is -2.36. The van der Waals surface area contributed by atoms with Gasteiger partial charge in [-0.15, -0.1) is 11.8 Å². The average Bonchev–Trinajstić information content (AvgIpc) is 2.33. The second-order valence-corrected chi connectivity index (χ2v) is 6.77. The zero-order chi connectivity index (χ0) is 14.2. The lowest BCUT2D eigenvalue weighted by Gasteiger charge is -2.12. The number of nitrogens with zero attached hydrogens (tertiary/aromatic N) is 1. The Morgan fingerprint density at radius 2 is 1.84 bits per heavy atom. The molecule has 0 aliphatic heterocycles. The number of phenolic OH excluding ortho intramolecular Hbond substituents is 2. The fourth-order valence-electron chi connectivity index (χ4n) is 2.13. The zero-order valence-corrected chi connectivity index (χ0v) is 12.5. The van der Waals surface area contributed by atoms with Crippen LogP contribution < -0.4 is 4.57 Å². The molecule has 0 bridgehead atoms. The monoisotopic (exact) mass is 278 g/mol. The molecule has 0 aliphatic rings. The van der Waals surface area contributed by atoms with Gasteiger partial charge in [0.05, 0.1) is 16.3 Å². The van der Waals surface area contributed by atoms with Crippen molar-refractivity contribution in [3.63, 3.8) is 0 Å². The molecule has 4 heteroatoms. The van der Waals surface area contributed by atoms with Gasteiger partial charge in [-0.1, -0.05) is 13.8 Å². The number of aromatic nitrogens is 1. The van der Waals surface area contributed by atoms with E-state index in [1.807, 2.05) is 18.3 Å². The molecule has 0 amide bonds. The summed E-state index contributed by atoms with van der Waals surface area (Å²) in [5.74, 6) is -0.0797. The summed E-state index contributed by atoms with van der Waals surface area (Å²) in [6.07, 6.45) is 1.99. The van der Waals surface area contributed by atoms with Crippen molar-refractivity contribution in [3.05, 3.63) is 24.4 Å². The van der Waals surface area contributed by atoms with Crippen molar-refractivity contribution in [2.75, 3.05) is 0 Å². The second-order valence-electron chi connectivity index (χ2n) is 5.18. The second kappa shape index (κ2) is 5.29. The Balaban J connectivity index is 2.79. The zero-order valence-electron chi connectivity index (χ0n) is 11.7. The van der Waals surface area contributed by atoms with Gasteiger partial charge in [-0.05, 0) is 19.9 Å². The van der Waals surface area contributed by atoms with E-state index in [2.05, 4.69) is 32.3 Å². The van der Waals surface area contributed by atoms with Gasteiger partial charge in [0.25, 0.3) is 0 Å². The summed E-state index contributed by atoms with van der Waals surface area (Å²) in [4.78, 5) is 0.750. The van der Waals surface area contributed by atoms with Gasteiger partial charge in [0.1, 0.15) is 0 Å². The van der Waals surface area contributed by atoms with E-state index in [1.54, 1.807) is 17.8 Å². The summed E-state index contributed by atoms with van der Waals surface area (Å²) < 4.78 is 2.10. The van der Waals surface area contributed by atoms with Crippen molar-refractivity contribution in [2.45, 2.75) is 43.9 Å². The van der Waals surface area contributed by atoms with Crippen molar-refractivity contribution in [3.8, 4) is 11.5 Å². The van der Waals surface area contributed by atoms with Crippen LogP contribution in [0.25, 0.3) is 10.9 Å². The third-order valence-electron chi connectivity index (χ3n) is 2.95. The van der Waals surface area contributed by atoms with Gasteiger partial charge in [-0.2, -0.15) is 4.57 Å². The number of phenols is 2. The third kappa shape index (κ3) is 2.63. The minimum Gasteiger partial charge on any atom is -0.504 e. The van der Waals surface area contributed by atoms with Gasteiger partial charge in [-0.3, -0.25) is 0 Å². The van der Waals surface area contributed by atoms with Crippen molar-refractivity contribution in [1.82, 2.24) is 0 Å². The molecule has 0 saturated heterocycles. The highest BCUT2D eigenvalue weighted by molar-refractivity contribution is 8.00. The maximum absolute atomic E-state index is 10.1. The summed E-state index contributed by atoms with van der Waals surface area (Å²) in [5.41, 5.74) is 0.941. The Labute approximate surface area is 117 Å². The first-order chi connectivity index (χ1) is 8.91. The molecule has 1 aromatic heterocycles. The molecule has 2 rings (SSSR count). The number of fused-ring (bicyclic) bond motifs is 1. The fraction of sp³-hybridized carbons (Fsp3) is 0.400. The van der Waals surface area contributed by atoms with Crippen LogP contribution >= 0.6 is 11.8 Å². The van der Waals surface area contributed by atoms with E-state index >= 15 is 0 Å². The molecule has 0 fully saturated rings. The molecule has 1 heterocycles. The molecule has 19 heavy (non-hydrogen) atoms. The summed E-state index contributed by atoms with van der Waals surface area (Å²) in [6, 6.07) is 5.89. The normalized spacial score (nSPS) is 11.7. The minimum atomic E-state index is -0.0590. The summed E-state index contributed by atoms with van der Waals surface area (Å²) in [5, 5.41) is 21.3. The smallest absolute Gasteiger partial charge is 0.217 e. The molecule has 0 saturated carbocycles. The summed E-state index contributed by atoms with van der Waals surface area (Å²) in [6.45, 7) is 8.33. The SMILES string of the molecule is CC(C)Sc1c(O)c(O)cc2c1ccc[n+]2C(C)C. The van der Waals surface area contributed by atoms with Gasteiger partial charge in [-0.25, -0.2) is 0 Å². The van der Waals surface area contributed by atoms with Crippen LogP contribution in [0.2, 0.25) is 0 Å². The Morgan fingerprint density at radius 1 is 1.16 bits per heavy atom. The van der Waals surface area contributed by atoms with Crippen LogP contribution in [0.1, 0.15) is 33.7 Å². The van der Waals surface area contributed by atoms with Gasteiger partial charge in [0.2, 0.25) is 5.52 Å². The quantitative estimate of drug-likeness (QED) is 0.512. The predicted molar refractivity (Wildman–Crippen MR) is 78.9 cm³/mol. The van der Waals surface area contributed by atoms with Gasteiger partial charge >= 0.3 is 0 Å². The van der Waals surface area contributed by atoms with Crippen LogP contribution in [0.15, 0.2) is 29.3 Å². The fourth-order valence-corrected chi connectivity index (χ4v) is 3.12. The molecular weight excluding hydrogens is 258 g/mol. The molecule has 0 aliphatic carbocycles. The number of pyridine rings is 1. The first kappa shape index (κ1) is 14.0. The molecule has 1 aromatic carbocycles. The lowest BCUT2D eigenvalue weighted by molar-refractivity contribution is -0.691. The van der Waals surface area contributed by atoms with Crippen LogP contribution in [-0.4, -0.2) is 15.5 Å². The Morgan fingerprint density at radius 3 is 2.42 bits per heavy atom. The number of rotatable bonds is 3. The molecule has 2 N–H and O–H groups in total. The van der Waals surface area contributed by atoms with E-state index in [-0.39, 0.29) is 11.5 Å². The number of aromatic hydroxyl groups is 2. The first-order valence-corrected chi connectivity index (χ1v) is 7.35. The van der Waals surface area contributed by atoms with Crippen LogP contribution in [-0.2, 0) is 0 Å². The Bertz CT molecular complexity index is 609. The molecule has 2 aromatic rings. The summed E-state index contributed by atoms with van der Waals surface area (Å²) >= 11 is 1.57. The van der Waals surface area contributed by atoms with Crippen molar-refractivity contribution in [2.24, 2.45) is 0 Å². The first-order valence-electron chi connectivity index (χ1n) is 6.47. The van der Waals surface area contributed by atoms with Crippen LogP contribution in [0.3, 0.4) is 0 Å². The van der Waals surface area contributed by atoms with E-state index in [9.17, 15) is 10.2 Å². The standard InChI is InChI=1S/C15H19NO2S/c1-9(2)16-7-5-6-11-12(16)8-13(17)14(18)15(11)19-10(3)4/h5-10,18H,1-4H3/p+1.